The topological polar surface area (TPSA) is 38.0 Å². The van der Waals surface area contributed by atoms with E-state index in [1.165, 1.54) is 12.1 Å². The van der Waals surface area contributed by atoms with E-state index in [2.05, 4.69) is 11.9 Å². The van der Waals surface area contributed by atoms with Crippen LogP contribution in [0.5, 0.6) is 0 Å². The first-order valence-electron chi connectivity index (χ1n) is 6.51. The van der Waals surface area contributed by atoms with Crippen molar-refractivity contribution in [1.82, 2.24) is 9.55 Å². The molecule has 0 bridgehead atoms. The van der Waals surface area contributed by atoms with Crippen LogP contribution in [0.1, 0.15) is 31.7 Å². The second-order valence-electron chi connectivity index (χ2n) is 5.02. The summed E-state index contributed by atoms with van der Waals surface area (Å²) in [5.74, 6) is 0.337. The number of aromatic nitrogens is 2. The summed E-state index contributed by atoms with van der Waals surface area (Å²) >= 11 is 0. The molecule has 1 atom stereocenters. The van der Waals surface area contributed by atoms with Crippen LogP contribution < -0.4 is 0 Å². The lowest BCUT2D eigenvalue weighted by Gasteiger charge is -2.24. The van der Waals surface area contributed by atoms with E-state index < -0.39 is 5.60 Å². The molecule has 1 unspecified atom stereocenters. The lowest BCUT2D eigenvalue weighted by atomic mass is 9.95. The highest BCUT2D eigenvalue weighted by atomic mass is 19.1. The van der Waals surface area contributed by atoms with E-state index in [0.717, 1.165) is 18.5 Å². The number of benzene rings is 1. The van der Waals surface area contributed by atoms with Crippen molar-refractivity contribution in [2.24, 2.45) is 0 Å². The van der Waals surface area contributed by atoms with Crippen LogP contribution in [-0.2, 0) is 18.6 Å². The third kappa shape index (κ3) is 3.20. The molecule has 1 aromatic heterocycles. The van der Waals surface area contributed by atoms with E-state index in [4.69, 9.17) is 0 Å². The minimum Gasteiger partial charge on any atom is -0.382 e. The maximum Gasteiger partial charge on any atom is 0.140 e. The van der Waals surface area contributed by atoms with Crippen molar-refractivity contribution >= 4 is 0 Å². The van der Waals surface area contributed by atoms with Crippen molar-refractivity contribution in [3.05, 3.63) is 53.9 Å². The molecule has 0 fully saturated rings. The molecule has 2 aromatic rings. The molecule has 3 nitrogen and oxygen atoms in total. The standard InChI is InChI=1S/C15H19FN2O/c1-3-8-18-9-7-17-14(18)15(2,19)11-12-5-4-6-13(16)10-12/h4-7,9-10,19H,3,8,11H2,1-2H3. The molecule has 19 heavy (non-hydrogen) atoms. The molecule has 0 spiro atoms. The zero-order chi connectivity index (χ0) is 13.9. The third-order valence-electron chi connectivity index (χ3n) is 3.10. The predicted molar refractivity (Wildman–Crippen MR) is 72.2 cm³/mol. The largest absolute Gasteiger partial charge is 0.382 e. The summed E-state index contributed by atoms with van der Waals surface area (Å²) in [5, 5.41) is 10.6. The van der Waals surface area contributed by atoms with Gasteiger partial charge in [-0.3, -0.25) is 0 Å². The highest BCUT2D eigenvalue weighted by molar-refractivity contribution is 5.20. The van der Waals surface area contributed by atoms with Crippen molar-refractivity contribution in [2.45, 2.75) is 38.8 Å². The fourth-order valence-corrected chi connectivity index (χ4v) is 2.32. The molecule has 0 aliphatic heterocycles. The number of hydrogen-bond donors (Lipinski definition) is 1. The van der Waals surface area contributed by atoms with Crippen LogP contribution in [0.2, 0.25) is 0 Å². The Labute approximate surface area is 112 Å². The SMILES string of the molecule is CCCn1ccnc1C(C)(O)Cc1cccc(F)c1. The Morgan fingerprint density at radius 1 is 1.42 bits per heavy atom. The molecular formula is C15H19FN2O. The lowest BCUT2D eigenvalue weighted by molar-refractivity contribution is 0.0442. The van der Waals surface area contributed by atoms with Crippen molar-refractivity contribution in [3.63, 3.8) is 0 Å². The monoisotopic (exact) mass is 262 g/mol. The minimum absolute atomic E-state index is 0.287. The van der Waals surface area contributed by atoms with Crippen molar-refractivity contribution < 1.29 is 9.50 Å². The fraction of sp³-hybridized carbons (Fsp3) is 0.400. The molecule has 0 aliphatic rings. The quantitative estimate of drug-likeness (QED) is 0.899. The second kappa shape index (κ2) is 5.53. The Morgan fingerprint density at radius 2 is 2.21 bits per heavy atom. The van der Waals surface area contributed by atoms with Crippen molar-refractivity contribution in [2.75, 3.05) is 0 Å². The Balaban J connectivity index is 2.24. The van der Waals surface area contributed by atoms with Gasteiger partial charge in [-0.15, -0.1) is 0 Å². The number of rotatable bonds is 5. The molecule has 4 heteroatoms. The first-order chi connectivity index (χ1) is 9.03. The van der Waals surface area contributed by atoms with Gasteiger partial charge in [0.1, 0.15) is 17.2 Å². The Bertz CT molecular complexity index is 549. The normalized spacial score (nSPS) is 14.3. The van der Waals surface area contributed by atoms with Gasteiger partial charge in [0.2, 0.25) is 0 Å². The van der Waals surface area contributed by atoms with Crippen LogP contribution in [0.3, 0.4) is 0 Å². The molecule has 0 amide bonds. The van der Waals surface area contributed by atoms with E-state index in [1.807, 2.05) is 16.8 Å². The summed E-state index contributed by atoms with van der Waals surface area (Å²) in [7, 11) is 0. The Hall–Kier alpha value is -1.68. The molecule has 0 saturated heterocycles. The smallest absolute Gasteiger partial charge is 0.140 e. The van der Waals surface area contributed by atoms with Gasteiger partial charge in [-0.25, -0.2) is 9.37 Å². The number of halogens is 1. The predicted octanol–water partition coefficient (Wildman–Crippen LogP) is 2.88. The minimum atomic E-state index is -1.10. The van der Waals surface area contributed by atoms with E-state index in [1.54, 1.807) is 19.2 Å². The van der Waals surface area contributed by atoms with Gasteiger partial charge in [-0.05, 0) is 31.0 Å². The zero-order valence-corrected chi connectivity index (χ0v) is 11.3. The number of imidazole rings is 1. The number of aliphatic hydroxyl groups is 1. The second-order valence-corrected chi connectivity index (χ2v) is 5.02. The highest BCUT2D eigenvalue weighted by Gasteiger charge is 2.28. The molecule has 1 N–H and O–H groups in total. The van der Waals surface area contributed by atoms with E-state index in [-0.39, 0.29) is 5.82 Å². The number of hydrogen-bond acceptors (Lipinski definition) is 2. The van der Waals surface area contributed by atoms with Gasteiger partial charge in [0.25, 0.3) is 0 Å². The van der Waals surface area contributed by atoms with E-state index in [9.17, 15) is 9.50 Å². The fourth-order valence-electron chi connectivity index (χ4n) is 2.32. The molecule has 0 radical (unpaired) electrons. The molecule has 0 aliphatic carbocycles. The van der Waals surface area contributed by atoms with Gasteiger partial charge >= 0.3 is 0 Å². The molecule has 2 rings (SSSR count). The molecule has 0 saturated carbocycles. The van der Waals surface area contributed by atoms with Gasteiger partial charge in [-0.2, -0.15) is 0 Å². The summed E-state index contributed by atoms with van der Waals surface area (Å²) in [6.07, 6.45) is 4.86. The van der Waals surface area contributed by atoms with Gasteiger partial charge in [0.05, 0.1) is 0 Å². The van der Waals surface area contributed by atoms with Crippen LogP contribution >= 0.6 is 0 Å². The molecule has 1 heterocycles. The molecular weight excluding hydrogens is 243 g/mol. The van der Waals surface area contributed by atoms with Crippen molar-refractivity contribution in [3.8, 4) is 0 Å². The first kappa shape index (κ1) is 13.7. The third-order valence-corrected chi connectivity index (χ3v) is 3.10. The van der Waals surface area contributed by atoms with Crippen LogP contribution in [0, 0.1) is 5.82 Å². The lowest BCUT2D eigenvalue weighted by Crippen LogP contribution is -2.29. The summed E-state index contributed by atoms with van der Waals surface area (Å²) < 4.78 is 15.1. The summed E-state index contributed by atoms with van der Waals surface area (Å²) in [5.41, 5.74) is -0.344. The first-order valence-corrected chi connectivity index (χ1v) is 6.51. The van der Waals surface area contributed by atoms with Gasteiger partial charge in [-0.1, -0.05) is 19.1 Å². The van der Waals surface area contributed by atoms with Gasteiger partial charge < -0.3 is 9.67 Å². The summed E-state index contributed by atoms with van der Waals surface area (Å²) in [6.45, 7) is 4.60. The number of aryl methyl sites for hydroxylation is 1. The zero-order valence-electron chi connectivity index (χ0n) is 11.3. The van der Waals surface area contributed by atoms with Gasteiger partial charge in [0.15, 0.2) is 0 Å². The van der Waals surface area contributed by atoms with E-state index >= 15 is 0 Å². The maximum atomic E-state index is 13.2. The van der Waals surface area contributed by atoms with E-state index in [0.29, 0.717) is 12.2 Å². The molecule has 1 aromatic carbocycles. The van der Waals surface area contributed by atoms with Crippen LogP contribution in [0.15, 0.2) is 36.7 Å². The van der Waals surface area contributed by atoms with Crippen LogP contribution in [0.25, 0.3) is 0 Å². The average molecular weight is 262 g/mol. The highest BCUT2D eigenvalue weighted by Crippen LogP contribution is 2.24. The Kier molecular flexibility index (Phi) is 4.00. The maximum absolute atomic E-state index is 13.2. The van der Waals surface area contributed by atoms with Crippen molar-refractivity contribution in [1.29, 1.82) is 0 Å². The summed E-state index contributed by atoms with van der Waals surface area (Å²) in [6, 6.07) is 6.31. The van der Waals surface area contributed by atoms with Gasteiger partial charge in [0, 0.05) is 25.4 Å². The van der Waals surface area contributed by atoms with Crippen LogP contribution in [0.4, 0.5) is 4.39 Å². The van der Waals surface area contributed by atoms with Crippen LogP contribution in [-0.4, -0.2) is 14.7 Å². The molecule has 102 valence electrons. The average Bonchev–Trinajstić information content (AvgIpc) is 2.78. The summed E-state index contributed by atoms with van der Waals surface area (Å²) in [4.78, 5) is 4.24. The Morgan fingerprint density at radius 3 is 2.89 bits per heavy atom. The number of nitrogens with zero attached hydrogens (tertiary/aromatic N) is 2.